The van der Waals surface area contributed by atoms with Crippen LogP contribution in [0.25, 0.3) is 28.6 Å². The van der Waals surface area contributed by atoms with Crippen LogP contribution in [0.4, 0.5) is 0 Å². The maximum absolute atomic E-state index is 12.1. The van der Waals surface area contributed by atoms with Crippen molar-refractivity contribution < 1.29 is 23.2 Å². The van der Waals surface area contributed by atoms with Crippen molar-refractivity contribution in [2.75, 3.05) is 14.2 Å². The quantitative estimate of drug-likeness (QED) is 0.459. The van der Waals surface area contributed by atoms with Crippen LogP contribution >= 0.6 is 0 Å². The molecule has 2 heterocycles. The Morgan fingerprint density at radius 2 is 1.87 bits per heavy atom. The lowest BCUT2D eigenvalue weighted by Gasteiger charge is -2.07. The molecule has 0 atom stereocenters. The van der Waals surface area contributed by atoms with Crippen molar-refractivity contribution in [3.8, 4) is 23.0 Å². The normalized spacial score (nSPS) is 11.1. The number of ether oxygens (including phenoxy) is 2. The highest BCUT2D eigenvalue weighted by atomic mass is 16.5. The standard InChI is InChI=1S/C23H20N2O5/c1-27-19-9-7-15(11-20(19)28-2)8-10-23(26)24-14-17-13-22(30-25-17)21-12-16-5-3-4-6-18(16)29-21/h3-13H,14H2,1-2H3,(H,24,26)/b10-8-. The van der Waals surface area contributed by atoms with Gasteiger partial charge < -0.3 is 23.7 Å². The van der Waals surface area contributed by atoms with Gasteiger partial charge in [0.15, 0.2) is 17.3 Å². The third-order valence-corrected chi connectivity index (χ3v) is 4.51. The second-order valence-electron chi connectivity index (χ2n) is 6.50. The Hall–Kier alpha value is -4.00. The molecule has 4 aromatic rings. The van der Waals surface area contributed by atoms with Gasteiger partial charge in [-0.3, -0.25) is 4.79 Å². The van der Waals surface area contributed by atoms with Crippen molar-refractivity contribution in [3.05, 3.63) is 71.9 Å². The van der Waals surface area contributed by atoms with E-state index in [0.29, 0.717) is 28.7 Å². The van der Waals surface area contributed by atoms with Crippen LogP contribution in [0.1, 0.15) is 11.3 Å². The molecule has 152 valence electrons. The molecule has 2 aromatic heterocycles. The molecule has 0 unspecified atom stereocenters. The molecule has 1 N–H and O–H groups in total. The van der Waals surface area contributed by atoms with Gasteiger partial charge in [-0.1, -0.05) is 29.4 Å². The first-order chi connectivity index (χ1) is 14.7. The number of hydrogen-bond acceptors (Lipinski definition) is 6. The van der Waals surface area contributed by atoms with Crippen molar-refractivity contribution in [1.29, 1.82) is 0 Å². The average molecular weight is 404 g/mol. The smallest absolute Gasteiger partial charge is 0.244 e. The summed E-state index contributed by atoms with van der Waals surface area (Å²) in [4.78, 5) is 12.1. The number of aromatic nitrogens is 1. The number of benzene rings is 2. The fourth-order valence-electron chi connectivity index (χ4n) is 2.98. The van der Waals surface area contributed by atoms with Gasteiger partial charge >= 0.3 is 0 Å². The van der Waals surface area contributed by atoms with E-state index in [0.717, 1.165) is 16.5 Å². The summed E-state index contributed by atoms with van der Waals surface area (Å²) in [7, 11) is 3.14. The van der Waals surface area contributed by atoms with Crippen LogP contribution in [-0.4, -0.2) is 25.3 Å². The number of furan rings is 1. The molecule has 7 nitrogen and oxygen atoms in total. The number of hydrogen-bond donors (Lipinski definition) is 1. The molecule has 0 bridgehead atoms. The van der Waals surface area contributed by atoms with Gasteiger partial charge in [-0.2, -0.15) is 0 Å². The number of methoxy groups -OCH3 is 2. The van der Waals surface area contributed by atoms with E-state index in [9.17, 15) is 4.79 Å². The molecule has 0 spiro atoms. The second-order valence-corrected chi connectivity index (χ2v) is 6.50. The fraction of sp³-hybridized carbons (Fsp3) is 0.130. The maximum atomic E-state index is 12.1. The van der Waals surface area contributed by atoms with Crippen LogP contribution in [0, 0.1) is 0 Å². The number of nitrogens with zero attached hydrogens (tertiary/aromatic N) is 1. The molecule has 0 fully saturated rings. The molecule has 2 aromatic carbocycles. The van der Waals surface area contributed by atoms with Crippen molar-refractivity contribution in [2.24, 2.45) is 0 Å². The molecule has 0 aliphatic carbocycles. The Kier molecular flexibility index (Phi) is 5.52. The number of carbonyl (C=O) groups excluding carboxylic acids is 1. The van der Waals surface area contributed by atoms with E-state index in [1.165, 1.54) is 6.08 Å². The highest BCUT2D eigenvalue weighted by Crippen LogP contribution is 2.29. The minimum absolute atomic E-state index is 0.235. The van der Waals surface area contributed by atoms with Gasteiger partial charge in [-0.05, 0) is 35.9 Å². The van der Waals surface area contributed by atoms with Crippen LogP contribution in [-0.2, 0) is 11.3 Å². The minimum Gasteiger partial charge on any atom is -0.493 e. The van der Waals surface area contributed by atoms with Crippen LogP contribution in [0.2, 0.25) is 0 Å². The SMILES string of the molecule is COc1ccc(/C=C\C(=O)NCc2cc(-c3cc4ccccc4o3)on2)cc1OC. The number of para-hydroxylation sites is 1. The van der Waals surface area contributed by atoms with E-state index in [1.54, 1.807) is 38.5 Å². The van der Waals surface area contributed by atoms with Gasteiger partial charge in [0.1, 0.15) is 11.3 Å². The molecule has 0 saturated carbocycles. The van der Waals surface area contributed by atoms with Crippen LogP contribution < -0.4 is 14.8 Å². The van der Waals surface area contributed by atoms with E-state index in [1.807, 2.05) is 36.4 Å². The van der Waals surface area contributed by atoms with E-state index < -0.39 is 0 Å². The van der Waals surface area contributed by atoms with E-state index >= 15 is 0 Å². The topological polar surface area (TPSA) is 86.7 Å². The van der Waals surface area contributed by atoms with Crippen molar-refractivity contribution >= 4 is 23.0 Å². The van der Waals surface area contributed by atoms with Gasteiger partial charge in [0.25, 0.3) is 0 Å². The summed E-state index contributed by atoms with van der Waals surface area (Å²) in [5.74, 6) is 2.08. The van der Waals surface area contributed by atoms with Crippen LogP contribution in [0.3, 0.4) is 0 Å². The van der Waals surface area contributed by atoms with Crippen molar-refractivity contribution in [1.82, 2.24) is 10.5 Å². The Morgan fingerprint density at radius 1 is 1.03 bits per heavy atom. The minimum atomic E-state index is -0.252. The zero-order valence-electron chi connectivity index (χ0n) is 16.5. The zero-order chi connectivity index (χ0) is 20.9. The summed E-state index contributed by atoms with van der Waals surface area (Å²) in [5.41, 5.74) is 2.19. The molecule has 0 aliphatic heterocycles. The molecule has 0 saturated heterocycles. The van der Waals surface area contributed by atoms with Gasteiger partial charge in [0.2, 0.25) is 11.7 Å². The number of fused-ring (bicyclic) bond motifs is 1. The molecule has 1 amide bonds. The Morgan fingerprint density at radius 3 is 2.67 bits per heavy atom. The molecule has 7 heteroatoms. The van der Waals surface area contributed by atoms with Gasteiger partial charge in [0.05, 0.1) is 20.8 Å². The van der Waals surface area contributed by atoms with Crippen LogP contribution in [0.5, 0.6) is 11.5 Å². The number of carbonyl (C=O) groups is 1. The highest BCUT2D eigenvalue weighted by molar-refractivity contribution is 5.91. The predicted molar refractivity (Wildman–Crippen MR) is 112 cm³/mol. The molecule has 0 aliphatic rings. The Balaban J connectivity index is 1.37. The largest absolute Gasteiger partial charge is 0.493 e. The number of rotatable bonds is 7. The summed E-state index contributed by atoms with van der Waals surface area (Å²) < 4.78 is 21.6. The lowest BCUT2D eigenvalue weighted by atomic mass is 10.2. The monoisotopic (exact) mass is 404 g/mol. The summed E-state index contributed by atoms with van der Waals surface area (Å²) in [5, 5.41) is 7.75. The molecular formula is C23H20N2O5. The highest BCUT2D eigenvalue weighted by Gasteiger charge is 2.12. The Labute approximate surface area is 172 Å². The van der Waals surface area contributed by atoms with Gasteiger partial charge in [-0.25, -0.2) is 0 Å². The predicted octanol–water partition coefficient (Wildman–Crippen LogP) is 4.43. The first-order valence-electron chi connectivity index (χ1n) is 9.29. The van der Waals surface area contributed by atoms with Gasteiger partial charge in [0, 0.05) is 17.5 Å². The van der Waals surface area contributed by atoms with Gasteiger partial charge in [-0.15, -0.1) is 0 Å². The first-order valence-corrected chi connectivity index (χ1v) is 9.29. The molecule has 4 rings (SSSR count). The number of nitrogens with one attached hydrogen (secondary N) is 1. The molecule has 30 heavy (non-hydrogen) atoms. The summed E-state index contributed by atoms with van der Waals surface area (Å²) in [6, 6.07) is 16.8. The van der Waals surface area contributed by atoms with Crippen molar-refractivity contribution in [3.63, 3.8) is 0 Å². The van der Waals surface area contributed by atoms with Crippen molar-refractivity contribution in [2.45, 2.75) is 6.54 Å². The number of amides is 1. The fourth-order valence-corrected chi connectivity index (χ4v) is 2.98. The third kappa shape index (κ3) is 4.20. The lowest BCUT2D eigenvalue weighted by molar-refractivity contribution is -0.116. The van der Waals surface area contributed by atoms with E-state index in [4.69, 9.17) is 18.4 Å². The lowest BCUT2D eigenvalue weighted by Crippen LogP contribution is -2.20. The molecular weight excluding hydrogens is 384 g/mol. The maximum Gasteiger partial charge on any atom is 0.244 e. The van der Waals surface area contributed by atoms with E-state index in [2.05, 4.69) is 10.5 Å². The summed E-state index contributed by atoms with van der Waals surface area (Å²) >= 11 is 0. The zero-order valence-corrected chi connectivity index (χ0v) is 16.5. The molecule has 0 radical (unpaired) electrons. The average Bonchev–Trinajstić information content (AvgIpc) is 3.42. The first kappa shape index (κ1) is 19.3. The van der Waals surface area contributed by atoms with Crippen LogP contribution in [0.15, 0.2) is 69.6 Å². The summed E-state index contributed by atoms with van der Waals surface area (Å²) in [6.07, 6.45) is 3.14. The summed E-state index contributed by atoms with van der Waals surface area (Å²) in [6.45, 7) is 0.235. The second kappa shape index (κ2) is 8.57. The van der Waals surface area contributed by atoms with E-state index in [-0.39, 0.29) is 12.5 Å². The third-order valence-electron chi connectivity index (χ3n) is 4.51. The Bertz CT molecular complexity index is 1170.